The molecule has 0 bridgehead atoms. The van der Waals surface area contributed by atoms with Crippen molar-refractivity contribution in [1.29, 1.82) is 0 Å². The normalized spacial score (nSPS) is 17.2. The highest BCUT2D eigenvalue weighted by Crippen LogP contribution is 2.30. The van der Waals surface area contributed by atoms with E-state index in [-0.39, 0.29) is 5.91 Å². The Morgan fingerprint density at radius 2 is 2.22 bits per heavy atom. The molecule has 1 heterocycles. The molecule has 2 atom stereocenters. The number of hydrogen-bond donors (Lipinski definition) is 2. The second-order valence-electron chi connectivity index (χ2n) is 5.17. The van der Waals surface area contributed by atoms with E-state index in [1.54, 1.807) is 0 Å². The molecule has 1 aliphatic heterocycles. The van der Waals surface area contributed by atoms with Gasteiger partial charge in [0.15, 0.2) is 0 Å². The van der Waals surface area contributed by atoms with Gasteiger partial charge in [-0.2, -0.15) is 0 Å². The number of fused-ring (bicyclic) bond motifs is 1. The summed E-state index contributed by atoms with van der Waals surface area (Å²) in [7, 11) is 2.01. The Balaban J connectivity index is 2.22. The van der Waals surface area contributed by atoms with Crippen LogP contribution in [0.3, 0.4) is 0 Å². The Hall–Kier alpha value is -1.35. The van der Waals surface area contributed by atoms with E-state index in [9.17, 15) is 4.79 Å². The SMILES string of the molecule is CCCC(C)C(NC)c1ccc2c(c1)CC(=O)N2. The van der Waals surface area contributed by atoms with Gasteiger partial charge >= 0.3 is 0 Å². The van der Waals surface area contributed by atoms with Gasteiger partial charge in [-0.05, 0) is 36.6 Å². The maximum Gasteiger partial charge on any atom is 0.228 e. The van der Waals surface area contributed by atoms with Gasteiger partial charge in [0, 0.05) is 11.7 Å². The second kappa shape index (κ2) is 5.53. The van der Waals surface area contributed by atoms with Crippen molar-refractivity contribution in [2.45, 2.75) is 39.2 Å². The van der Waals surface area contributed by atoms with E-state index in [4.69, 9.17) is 0 Å². The maximum absolute atomic E-state index is 11.4. The first-order valence-electron chi connectivity index (χ1n) is 6.75. The highest BCUT2D eigenvalue weighted by atomic mass is 16.1. The van der Waals surface area contributed by atoms with Crippen molar-refractivity contribution >= 4 is 11.6 Å². The molecule has 0 fully saturated rings. The summed E-state index contributed by atoms with van der Waals surface area (Å²) in [5, 5.41) is 6.28. The maximum atomic E-state index is 11.4. The fourth-order valence-electron chi connectivity index (χ4n) is 2.84. The van der Waals surface area contributed by atoms with Gasteiger partial charge in [-0.3, -0.25) is 4.79 Å². The highest BCUT2D eigenvalue weighted by Gasteiger charge is 2.21. The minimum absolute atomic E-state index is 0.102. The molecule has 1 amide bonds. The lowest BCUT2D eigenvalue weighted by atomic mass is 9.90. The Labute approximate surface area is 109 Å². The average Bonchev–Trinajstić information content (AvgIpc) is 2.69. The van der Waals surface area contributed by atoms with Crippen molar-refractivity contribution < 1.29 is 4.79 Å². The van der Waals surface area contributed by atoms with Crippen LogP contribution in [0.5, 0.6) is 0 Å². The Bertz CT molecular complexity index is 442. The molecule has 98 valence electrons. The zero-order valence-corrected chi connectivity index (χ0v) is 11.4. The molecule has 2 rings (SSSR count). The number of anilines is 1. The smallest absolute Gasteiger partial charge is 0.228 e. The van der Waals surface area contributed by atoms with Crippen molar-refractivity contribution in [3.8, 4) is 0 Å². The largest absolute Gasteiger partial charge is 0.326 e. The molecule has 1 aromatic carbocycles. The summed E-state index contributed by atoms with van der Waals surface area (Å²) in [6, 6.07) is 6.68. The Kier molecular flexibility index (Phi) is 4.02. The molecule has 3 heteroatoms. The molecular weight excluding hydrogens is 224 g/mol. The number of hydrogen-bond acceptors (Lipinski definition) is 2. The lowest BCUT2D eigenvalue weighted by Gasteiger charge is -2.24. The van der Waals surface area contributed by atoms with Crippen LogP contribution in [0.1, 0.15) is 43.9 Å². The quantitative estimate of drug-likeness (QED) is 0.838. The Morgan fingerprint density at radius 1 is 1.44 bits per heavy atom. The first-order valence-corrected chi connectivity index (χ1v) is 6.75. The molecule has 1 aromatic rings. The lowest BCUT2D eigenvalue weighted by Crippen LogP contribution is -2.23. The third-order valence-corrected chi connectivity index (χ3v) is 3.74. The molecule has 0 saturated heterocycles. The first-order chi connectivity index (χ1) is 8.65. The number of nitrogens with one attached hydrogen (secondary N) is 2. The fourth-order valence-corrected chi connectivity index (χ4v) is 2.84. The van der Waals surface area contributed by atoms with Crippen molar-refractivity contribution in [2.24, 2.45) is 5.92 Å². The molecule has 2 N–H and O–H groups in total. The predicted molar refractivity (Wildman–Crippen MR) is 74.6 cm³/mol. The molecule has 0 aliphatic carbocycles. The average molecular weight is 246 g/mol. The van der Waals surface area contributed by atoms with Crippen LogP contribution in [0.25, 0.3) is 0 Å². The molecule has 2 unspecified atom stereocenters. The molecule has 0 saturated carbocycles. The van der Waals surface area contributed by atoms with Crippen LogP contribution < -0.4 is 10.6 Å². The van der Waals surface area contributed by atoms with Crippen LogP contribution >= 0.6 is 0 Å². The summed E-state index contributed by atoms with van der Waals surface area (Å²) in [5.41, 5.74) is 3.39. The molecule has 0 radical (unpaired) electrons. The van der Waals surface area contributed by atoms with Crippen LogP contribution in [-0.2, 0) is 11.2 Å². The van der Waals surface area contributed by atoms with Gasteiger partial charge < -0.3 is 10.6 Å². The molecule has 0 aromatic heterocycles. The van der Waals surface area contributed by atoms with Gasteiger partial charge in [0.05, 0.1) is 6.42 Å². The highest BCUT2D eigenvalue weighted by molar-refractivity contribution is 5.99. The van der Waals surface area contributed by atoms with E-state index < -0.39 is 0 Å². The summed E-state index contributed by atoms with van der Waals surface area (Å²) < 4.78 is 0. The number of carbonyl (C=O) groups is 1. The van der Waals surface area contributed by atoms with E-state index in [1.807, 2.05) is 13.1 Å². The van der Waals surface area contributed by atoms with Crippen LogP contribution in [0.15, 0.2) is 18.2 Å². The third kappa shape index (κ3) is 2.56. The molecule has 18 heavy (non-hydrogen) atoms. The second-order valence-corrected chi connectivity index (χ2v) is 5.17. The van der Waals surface area contributed by atoms with E-state index in [0.717, 1.165) is 11.3 Å². The fraction of sp³-hybridized carbons (Fsp3) is 0.533. The predicted octanol–water partition coefficient (Wildman–Crippen LogP) is 2.88. The summed E-state index contributed by atoms with van der Waals surface area (Å²) in [4.78, 5) is 11.4. The topological polar surface area (TPSA) is 41.1 Å². The monoisotopic (exact) mass is 246 g/mol. The van der Waals surface area contributed by atoms with Crippen LogP contribution in [0, 0.1) is 5.92 Å². The van der Waals surface area contributed by atoms with Gasteiger partial charge in [-0.15, -0.1) is 0 Å². The van der Waals surface area contributed by atoms with Crippen LogP contribution in [-0.4, -0.2) is 13.0 Å². The summed E-state index contributed by atoms with van der Waals surface area (Å²) in [6.07, 6.45) is 2.92. The number of carbonyl (C=O) groups excluding carboxylic acids is 1. The van der Waals surface area contributed by atoms with Crippen molar-refractivity contribution in [2.75, 3.05) is 12.4 Å². The molecular formula is C15H22N2O. The summed E-state index contributed by atoms with van der Waals surface area (Å²) in [5.74, 6) is 0.702. The van der Waals surface area contributed by atoms with Gasteiger partial charge in [0.1, 0.15) is 0 Å². The van der Waals surface area contributed by atoms with Gasteiger partial charge in [-0.25, -0.2) is 0 Å². The minimum Gasteiger partial charge on any atom is -0.326 e. The zero-order valence-electron chi connectivity index (χ0n) is 11.4. The molecule has 3 nitrogen and oxygen atoms in total. The van der Waals surface area contributed by atoms with E-state index in [2.05, 4.69) is 36.6 Å². The first kappa shape index (κ1) is 13.1. The third-order valence-electron chi connectivity index (χ3n) is 3.74. The van der Waals surface area contributed by atoms with E-state index in [1.165, 1.54) is 18.4 Å². The van der Waals surface area contributed by atoms with Crippen LogP contribution in [0.4, 0.5) is 5.69 Å². The van der Waals surface area contributed by atoms with Crippen molar-refractivity contribution in [3.63, 3.8) is 0 Å². The summed E-state index contributed by atoms with van der Waals surface area (Å²) >= 11 is 0. The molecule has 0 spiro atoms. The van der Waals surface area contributed by atoms with Crippen LogP contribution in [0.2, 0.25) is 0 Å². The number of rotatable bonds is 5. The lowest BCUT2D eigenvalue weighted by molar-refractivity contribution is -0.115. The van der Waals surface area contributed by atoms with Crippen molar-refractivity contribution in [1.82, 2.24) is 5.32 Å². The molecule has 1 aliphatic rings. The van der Waals surface area contributed by atoms with Crippen molar-refractivity contribution in [3.05, 3.63) is 29.3 Å². The zero-order chi connectivity index (χ0) is 13.1. The van der Waals surface area contributed by atoms with E-state index >= 15 is 0 Å². The standard InChI is InChI=1S/C15H22N2O/c1-4-5-10(2)15(16-3)11-6-7-13-12(8-11)9-14(18)17-13/h6-8,10,15-16H,4-5,9H2,1-3H3,(H,17,18). The van der Waals surface area contributed by atoms with Gasteiger partial charge in [0.25, 0.3) is 0 Å². The van der Waals surface area contributed by atoms with E-state index in [0.29, 0.717) is 18.4 Å². The Morgan fingerprint density at radius 3 is 2.89 bits per heavy atom. The van der Waals surface area contributed by atoms with Gasteiger partial charge in [0.2, 0.25) is 5.91 Å². The summed E-state index contributed by atoms with van der Waals surface area (Å²) in [6.45, 7) is 4.50. The number of amides is 1. The minimum atomic E-state index is 0.102. The van der Waals surface area contributed by atoms with Gasteiger partial charge in [-0.1, -0.05) is 32.4 Å². The number of benzene rings is 1.